The monoisotopic (exact) mass is 417 g/mol. The number of aromatic nitrogens is 2. The van der Waals surface area contributed by atoms with Gasteiger partial charge >= 0.3 is 0 Å². The van der Waals surface area contributed by atoms with Crippen molar-refractivity contribution < 1.29 is 9.53 Å². The predicted octanol–water partition coefficient (Wildman–Crippen LogP) is 5.83. The summed E-state index contributed by atoms with van der Waals surface area (Å²) in [6.07, 6.45) is 1.73. The standard InChI is InChI=1S/C22H15N3O2S2/c1-27-14-7-8-16-18(12-14)29-22(25-16)15-9-11-28-20(15)21(26)24-17-6-2-4-13-5-3-10-23-19(13)17/h2-12H,1H3,(H,24,26). The van der Waals surface area contributed by atoms with Crippen LogP contribution in [-0.2, 0) is 0 Å². The van der Waals surface area contributed by atoms with Gasteiger partial charge in [-0.2, -0.15) is 0 Å². The second-order valence-electron chi connectivity index (χ2n) is 6.35. The highest BCUT2D eigenvalue weighted by molar-refractivity contribution is 7.22. The zero-order valence-corrected chi connectivity index (χ0v) is 17.0. The smallest absolute Gasteiger partial charge is 0.266 e. The highest BCUT2D eigenvalue weighted by Gasteiger charge is 2.19. The van der Waals surface area contributed by atoms with Crippen LogP contribution in [-0.4, -0.2) is 23.0 Å². The molecule has 1 N–H and O–H groups in total. The lowest BCUT2D eigenvalue weighted by Crippen LogP contribution is -2.11. The quantitative estimate of drug-likeness (QED) is 0.399. The van der Waals surface area contributed by atoms with Crippen LogP contribution >= 0.6 is 22.7 Å². The number of thiophene rings is 1. The largest absolute Gasteiger partial charge is 0.497 e. The van der Waals surface area contributed by atoms with Crippen molar-refractivity contribution in [2.24, 2.45) is 0 Å². The molecular formula is C22H15N3O2S2. The molecule has 5 nitrogen and oxygen atoms in total. The Morgan fingerprint density at radius 2 is 2.00 bits per heavy atom. The minimum atomic E-state index is -0.162. The number of fused-ring (bicyclic) bond motifs is 2. The molecule has 3 aromatic heterocycles. The molecule has 3 heterocycles. The number of thiazole rings is 1. The zero-order chi connectivity index (χ0) is 19.8. The van der Waals surface area contributed by atoms with E-state index in [0.29, 0.717) is 10.6 Å². The van der Waals surface area contributed by atoms with Gasteiger partial charge in [-0.15, -0.1) is 22.7 Å². The summed E-state index contributed by atoms with van der Waals surface area (Å²) in [6, 6.07) is 17.3. The number of pyridine rings is 1. The summed E-state index contributed by atoms with van der Waals surface area (Å²) in [6.45, 7) is 0. The molecule has 0 unspecified atom stereocenters. The van der Waals surface area contributed by atoms with E-state index in [1.54, 1.807) is 24.6 Å². The lowest BCUT2D eigenvalue weighted by Gasteiger charge is -2.08. The summed E-state index contributed by atoms with van der Waals surface area (Å²) in [5, 5.41) is 6.73. The van der Waals surface area contributed by atoms with Crippen molar-refractivity contribution in [2.45, 2.75) is 0 Å². The van der Waals surface area contributed by atoms with Gasteiger partial charge in [-0.05, 0) is 41.8 Å². The van der Waals surface area contributed by atoms with E-state index in [-0.39, 0.29) is 5.91 Å². The Morgan fingerprint density at radius 3 is 2.90 bits per heavy atom. The Balaban J connectivity index is 1.50. The number of ether oxygens (including phenoxy) is 1. The molecule has 0 bridgehead atoms. The molecule has 0 saturated carbocycles. The van der Waals surface area contributed by atoms with E-state index in [9.17, 15) is 4.79 Å². The summed E-state index contributed by atoms with van der Waals surface area (Å²) in [5.74, 6) is 0.629. The first kappa shape index (κ1) is 17.8. The Morgan fingerprint density at radius 1 is 1.10 bits per heavy atom. The van der Waals surface area contributed by atoms with Crippen molar-refractivity contribution in [3.8, 4) is 16.3 Å². The van der Waals surface area contributed by atoms with Gasteiger partial charge in [0.1, 0.15) is 15.6 Å². The number of para-hydroxylation sites is 1. The fourth-order valence-electron chi connectivity index (χ4n) is 3.18. The fourth-order valence-corrected chi connectivity index (χ4v) is 5.07. The first-order valence-corrected chi connectivity index (χ1v) is 10.6. The molecule has 2 aromatic carbocycles. The Bertz CT molecular complexity index is 1350. The van der Waals surface area contributed by atoms with Gasteiger partial charge in [0.05, 0.1) is 28.5 Å². The molecule has 0 aliphatic heterocycles. The normalized spacial score (nSPS) is 11.1. The third-order valence-electron chi connectivity index (χ3n) is 4.58. The molecule has 0 fully saturated rings. The van der Waals surface area contributed by atoms with Crippen molar-refractivity contribution >= 4 is 55.4 Å². The predicted molar refractivity (Wildman–Crippen MR) is 119 cm³/mol. The highest BCUT2D eigenvalue weighted by atomic mass is 32.1. The van der Waals surface area contributed by atoms with Gasteiger partial charge in [0, 0.05) is 17.1 Å². The second kappa shape index (κ2) is 7.27. The van der Waals surface area contributed by atoms with Gasteiger partial charge in [-0.25, -0.2) is 4.98 Å². The van der Waals surface area contributed by atoms with Crippen LogP contribution in [0.4, 0.5) is 5.69 Å². The summed E-state index contributed by atoms with van der Waals surface area (Å²) in [4.78, 5) is 22.8. The minimum Gasteiger partial charge on any atom is -0.497 e. The second-order valence-corrected chi connectivity index (χ2v) is 8.30. The Kier molecular flexibility index (Phi) is 4.46. The molecule has 1 amide bonds. The minimum absolute atomic E-state index is 0.162. The molecule has 29 heavy (non-hydrogen) atoms. The van der Waals surface area contributed by atoms with Gasteiger partial charge in [-0.3, -0.25) is 9.78 Å². The number of methoxy groups -OCH3 is 1. The number of amides is 1. The summed E-state index contributed by atoms with van der Waals surface area (Å²) >= 11 is 2.95. The molecular weight excluding hydrogens is 402 g/mol. The number of hydrogen-bond acceptors (Lipinski definition) is 6. The Hall–Kier alpha value is -3.29. The van der Waals surface area contributed by atoms with Crippen LogP contribution in [0.2, 0.25) is 0 Å². The van der Waals surface area contributed by atoms with E-state index in [2.05, 4.69) is 10.3 Å². The van der Waals surface area contributed by atoms with Gasteiger partial charge in [0.25, 0.3) is 5.91 Å². The van der Waals surface area contributed by atoms with Crippen LogP contribution in [0.3, 0.4) is 0 Å². The van der Waals surface area contributed by atoms with Crippen LogP contribution in [0.25, 0.3) is 31.7 Å². The van der Waals surface area contributed by atoms with Crippen molar-refractivity contribution in [1.82, 2.24) is 9.97 Å². The van der Waals surface area contributed by atoms with Crippen molar-refractivity contribution in [3.63, 3.8) is 0 Å². The van der Waals surface area contributed by atoms with Gasteiger partial charge in [-0.1, -0.05) is 18.2 Å². The van der Waals surface area contributed by atoms with Crippen molar-refractivity contribution in [1.29, 1.82) is 0 Å². The van der Waals surface area contributed by atoms with E-state index in [1.807, 2.05) is 60.0 Å². The molecule has 142 valence electrons. The molecule has 0 aliphatic rings. The maximum atomic E-state index is 13.1. The lowest BCUT2D eigenvalue weighted by molar-refractivity contribution is 0.103. The van der Waals surface area contributed by atoms with Crippen LogP contribution in [0.15, 0.2) is 66.2 Å². The van der Waals surface area contributed by atoms with Crippen molar-refractivity contribution in [3.05, 3.63) is 71.1 Å². The average molecular weight is 418 g/mol. The number of rotatable bonds is 4. The van der Waals surface area contributed by atoms with E-state index in [1.165, 1.54) is 11.3 Å². The number of carbonyl (C=O) groups is 1. The molecule has 5 rings (SSSR count). The number of hydrogen-bond donors (Lipinski definition) is 1. The first-order chi connectivity index (χ1) is 14.2. The topological polar surface area (TPSA) is 64.1 Å². The van der Waals surface area contributed by atoms with Gasteiger partial charge < -0.3 is 10.1 Å². The summed E-state index contributed by atoms with van der Waals surface area (Å²) in [5.41, 5.74) is 3.19. The molecule has 7 heteroatoms. The summed E-state index contributed by atoms with van der Waals surface area (Å²) in [7, 11) is 1.65. The van der Waals surface area contributed by atoms with E-state index in [4.69, 9.17) is 9.72 Å². The van der Waals surface area contributed by atoms with Crippen molar-refractivity contribution in [2.75, 3.05) is 12.4 Å². The Labute approximate surface area is 174 Å². The van der Waals surface area contributed by atoms with Gasteiger partial charge in [0.15, 0.2) is 0 Å². The van der Waals surface area contributed by atoms with Crippen LogP contribution in [0.5, 0.6) is 5.75 Å². The number of nitrogens with one attached hydrogen (secondary N) is 1. The molecule has 0 spiro atoms. The molecule has 5 aromatic rings. The number of benzene rings is 2. The summed E-state index contributed by atoms with van der Waals surface area (Å²) < 4.78 is 6.32. The third-order valence-corrected chi connectivity index (χ3v) is 6.54. The molecule has 0 saturated heterocycles. The van der Waals surface area contributed by atoms with E-state index in [0.717, 1.165) is 37.4 Å². The highest BCUT2D eigenvalue weighted by Crippen LogP contribution is 2.36. The SMILES string of the molecule is COc1ccc2nc(-c3ccsc3C(=O)Nc3cccc4cccnc34)sc2c1. The van der Waals surface area contributed by atoms with Crippen LogP contribution in [0, 0.1) is 0 Å². The molecule has 0 atom stereocenters. The maximum Gasteiger partial charge on any atom is 0.266 e. The van der Waals surface area contributed by atoms with E-state index >= 15 is 0 Å². The fraction of sp³-hybridized carbons (Fsp3) is 0.0455. The van der Waals surface area contributed by atoms with Crippen LogP contribution < -0.4 is 10.1 Å². The molecule has 0 aliphatic carbocycles. The average Bonchev–Trinajstić information content (AvgIpc) is 3.40. The third kappa shape index (κ3) is 3.24. The number of carbonyl (C=O) groups excluding carboxylic acids is 1. The zero-order valence-electron chi connectivity index (χ0n) is 15.4. The lowest BCUT2D eigenvalue weighted by atomic mass is 10.2. The van der Waals surface area contributed by atoms with Crippen LogP contribution in [0.1, 0.15) is 9.67 Å². The number of anilines is 1. The van der Waals surface area contributed by atoms with Gasteiger partial charge in [0.2, 0.25) is 0 Å². The number of nitrogens with zero attached hydrogens (tertiary/aromatic N) is 2. The van der Waals surface area contributed by atoms with E-state index < -0.39 is 0 Å². The maximum absolute atomic E-state index is 13.1. The molecule has 0 radical (unpaired) electrons. The first-order valence-electron chi connectivity index (χ1n) is 8.90.